The Morgan fingerprint density at radius 2 is 1.60 bits per heavy atom. The van der Waals surface area contributed by atoms with Crippen LogP contribution in [0.3, 0.4) is 0 Å². The molecular weight excluding hydrogens is 458 g/mol. The average molecular weight is 487 g/mol. The Morgan fingerprint density at radius 3 is 2.23 bits per heavy atom. The Hall–Kier alpha value is -3.38. The normalized spacial score (nSPS) is 17.9. The van der Waals surface area contributed by atoms with Crippen LogP contribution in [0.1, 0.15) is 19.2 Å². The van der Waals surface area contributed by atoms with E-state index in [1.165, 1.54) is 4.57 Å². The van der Waals surface area contributed by atoms with Crippen molar-refractivity contribution in [1.29, 1.82) is 0 Å². The molecule has 2 fully saturated rings. The van der Waals surface area contributed by atoms with Crippen molar-refractivity contribution in [3.8, 4) is 5.95 Å². The number of alkyl halides is 2. The molecule has 5 rings (SSSR count). The Bertz CT molecular complexity index is 1200. The summed E-state index contributed by atoms with van der Waals surface area (Å²) in [6, 6.07) is 8.28. The molecule has 0 bridgehead atoms. The summed E-state index contributed by atoms with van der Waals surface area (Å²) < 4.78 is 34.9. The second-order valence-corrected chi connectivity index (χ2v) is 8.68. The van der Waals surface area contributed by atoms with E-state index in [0.717, 1.165) is 0 Å². The highest BCUT2D eigenvalue weighted by Gasteiger charge is 2.27. The molecule has 0 saturated carbocycles. The molecule has 1 unspecified atom stereocenters. The number of benzene rings is 1. The second kappa shape index (κ2) is 9.70. The summed E-state index contributed by atoms with van der Waals surface area (Å²) in [7, 11) is 0. The summed E-state index contributed by atoms with van der Waals surface area (Å²) in [5.74, 6) is 0.905. The molecule has 35 heavy (non-hydrogen) atoms. The molecule has 0 radical (unpaired) electrons. The first-order valence-electron chi connectivity index (χ1n) is 11.7. The van der Waals surface area contributed by atoms with E-state index in [-0.39, 0.29) is 11.9 Å². The van der Waals surface area contributed by atoms with Crippen molar-refractivity contribution in [1.82, 2.24) is 24.4 Å². The van der Waals surface area contributed by atoms with E-state index >= 15 is 0 Å². The molecule has 12 heteroatoms. The number of halogens is 2. The number of nitrogens with zero attached hydrogens (tertiary/aromatic N) is 7. The summed E-state index contributed by atoms with van der Waals surface area (Å²) in [6.45, 7) is 6.17. The average Bonchev–Trinajstić information content (AvgIpc) is 3.29. The quantitative estimate of drug-likeness (QED) is 0.580. The van der Waals surface area contributed by atoms with E-state index in [1.807, 2.05) is 11.0 Å². The molecule has 2 saturated heterocycles. The van der Waals surface area contributed by atoms with Crippen LogP contribution in [-0.2, 0) is 9.53 Å². The number of ether oxygens (including phenoxy) is 1. The maximum absolute atomic E-state index is 14.0. The highest BCUT2D eigenvalue weighted by Crippen LogP contribution is 2.29. The number of para-hydroxylation sites is 2. The number of anilines is 2. The number of imidazole rings is 1. The topological polar surface area (TPSA) is 106 Å². The highest BCUT2D eigenvalue weighted by atomic mass is 19.3. The maximum atomic E-state index is 14.0. The molecule has 0 spiro atoms. The van der Waals surface area contributed by atoms with Gasteiger partial charge in [-0.25, -0.2) is 13.8 Å². The van der Waals surface area contributed by atoms with Gasteiger partial charge in [0, 0.05) is 45.3 Å². The number of piperazine rings is 1. The van der Waals surface area contributed by atoms with Crippen molar-refractivity contribution in [2.45, 2.75) is 19.4 Å². The van der Waals surface area contributed by atoms with Crippen LogP contribution < -0.4 is 15.5 Å². The van der Waals surface area contributed by atoms with Crippen LogP contribution in [0.4, 0.5) is 20.4 Å². The van der Waals surface area contributed by atoms with Gasteiger partial charge in [0.05, 0.1) is 30.3 Å². The van der Waals surface area contributed by atoms with Crippen molar-refractivity contribution in [2.75, 3.05) is 62.3 Å². The van der Waals surface area contributed by atoms with Crippen molar-refractivity contribution in [3.05, 3.63) is 36.2 Å². The lowest BCUT2D eigenvalue weighted by atomic mass is 10.2. The minimum Gasteiger partial charge on any atom is -0.378 e. The minimum absolute atomic E-state index is 0.0894. The van der Waals surface area contributed by atoms with E-state index in [0.29, 0.717) is 75.2 Å². The van der Waals surface area contributed by atoms with Crippen LogP contribution in [0.2, 0.25) is 0 Å². The number of carbonyl (C=O) groups is 1. The SMILES string of the molecule is CC(N)C(=O)N1CCN(c2cc(N3CCOCC3)nc(-n3c(C(F)F)nc4ccccc43)n2)CC1. The lowest BCUT2D eigenvalue weighted by Crippen LogP contribution is -2.52. The van der Waals surface area contributed by atoms with E-state index in [4.69, 9.17) is 20.4 Å². The van der Waals surface area contributed by atoms with Gasteiger partial charge in [0.25, 0.3) is 6.43 Å². The van der Waals surface area contributed by atoms with Gasteiger partial charge < -0.3 is 25.2 Å². The number of amides is 1. The fourth-order valence-electron chi connectivity index (χ4n) is 4.47. The van der Waals surface area contributed by atoms with E-state index in [9.17, 15) is 13.6 Å². The third-order valence-electron chi connectivity index (χ3n) is 6.31. The lowest BCUT2D eigenvalue weighted by molar-refractivity contribution is -0.132. The number of aromatic nitrogens is 4. The van der Waals surface area contributed by atoms with Gasteiger partial charge >= 0.3 is 0 Å². The molecular formula is C23H28F2N8O2. The molecule has 1 atom stereocenters. The van der Waals surface area contributed by atoms with Crippen molar-refractivity contribution in [2.24, 2.45) is 5.73 Å². The van der Waals surface area contributed by atoms with Gasteiger partial charge in [0.2, 0.25) is 11.9 Å². The summed E-state index contributed by atoms with van der Waals surface area (Å²) in [4.78, 5) is 31.7. The fraction of sp³-hybridized carbons (Fsp3) is 0.478. The number of rotatable bonds is 5. The van der Waals surface area contributed by atoms with Gasteiger partial charge in [-0.05, 0) is 19.1 Å². The summed E-state index contributed by atoms with van der Waals surface area (Å²) in [5, 5.41) is 0. The van der Waals surface area contributed by atoms with E-state index < -0.39 is 18.3 Å². The van der Waals surface area contributed by atoms with Gasteiger partial charge in [-0.2, -0.15) is 9.97 Å². The number of hydrogen-bond acceptors (Lipinski definition) is 8. The summed E-state index contributed by atoms with van der Waals surface area (Å²) >= 11 is 0. The third-order valence-corrected chi connectivity index (χ3v) is 6.31. The largest absolute Gasteiger partial charge is 0.378 e. The molecule has 2 aliphatic heterocycles. The van der Waals surface area contributed by atoms with Crippen LogP contribution in [0.15, 0.2) is 30.3 Å². The molecule has 2 aromatic heterocycles. The molecule has 1 amide bonds. The van der Waals surface area contributed by atoms with Gasteiger partial charge in [0.1, 0.15) is 11.6 Å². The minimum atomic E-state index is -2.80. The standard InChI is InChI=1S/C23H28F2N8O2/c1-15(26)22(34)32-8-6-30(7-9-32)18-14-19(31-10-12-35-13-11-31)29-23(28-18)33-17-5-3-2-4-16(17)27-21(33)20(24)25/h2-5,14-15,20H,6-13,26H2,1H3. The van der Waals surface area contributed by atoms with Crippen LogP contribution >= 0.6 is 0 Å². The van der Waals surface area contributed by atoms with Crippen LogP contribution in [0.25, 0.3) is 17.0 Å². The van der Waals surface area contributed by atoms with E-state index in [2.05, 4.69) is 9.88 Å². The highest BCUT2D eigenvalue weighted by molar-refractivity contribution is 5.81. The summed E-state index contributed by atoms with van der Waals surface area (Å²) in [6.07, 6.45) is -2.80. The Labute approximate surface area is 201 Å². The Morgan fingerprint density at radius 1 is 0.971 bits per heavy atom. The number of fused-ring (bicyclic) bond motifs is 1. The molecule has 186 valence electrons. The number of carbonyl (C=O) groups excluding carboxylic acids is 1. The fourth-order valence-corrected chi connectivity index (χ4v) is 4.47. The molecule has 4 heterocycles. The Balaban J connectivity index is 1.56. The number of morpholine rings is 1. The zero-order valence-corrected chi connectivity index (χ0v) is 19.5. The van der Waals surface area contributed by atoms with Crippen molar-refractivity contribution >= 4 is 28.6 Å². The van der Waals surface area contributed by atoms with Crippen molar-refractivity contribution < 1.29 is 18.3 Å². The van der Waals surface area contributed by atoms with Gasteiger partial charge in [-0.3, -0.25) is 9.36 Å². The smallest absolute Gasteiger partial charge is 0.296 e. The monoisotopic (exact) mass is 486 g/mol. The molecule has 0 aliphatic carbocycles. The number of hydrogen-bond donors (Lipinski definition) is 1. The van der Waals surface area contributed by atoms with Crippen LogP contribution in [-0.4, -0.2) is 88.9 Å². The van der Waals surface area contributed by atoms with E-state index in [1.54, 1.807) is 36.1 Å². The first kappa shape index (κ1) is 23.4. The van der Waals surface area contributed by atoms with Gasteiger partial charge in [-0.1, -0.05) is 12.1 Å². The molecule has 2 N–H and O–H groups in total. The Kier molecular flexibility index (Phi) is 6.48. The second-order valence-electron chi connectivity index (χ2n) is 8.68. The predicted molar refractivity (Wildman–Crippen MR) is 127 cm³/mol. The first-order valence-corrected chi connectivity index (χ1v) is 11.7. The zero-order valence-electron chi connectivity index (χ0n) is 19.5. The molecule has 10 nitrogen and oxygen atoms in total. The zero-order chi connectivity index (χ0) is 24.5. The van der Waals surface area contributed by atoms with Crippen LogP contribution in [0, 0.1) is 0 Å². The molecule has 2 aliphatic rings. The predicted octanol–water partition coefficient (Wildman–Crippen LogP) is 1.59. The molecule has 1 aromatic carbocycles. The molecule has 3 aromatic rings. The van der Waals surface area contributed by atoms with Crippen LogP contribution in [0.5, 0.6) is 0 Å². The maximum Gasteiger partial charge on any atom is 0.296 e. The van der Waals surface area contributed by atoms with Crippen molar-refractivity contribution in [3.63, 3.8) is 0 Å². The van der Waals surface area contributed by atoms with Gasteiger partial charge in [0.15, 0.2) is 5.82 Å². The first-order chi connectivity index (χ1) is 16.9. The number of nitrogens with two attached hydrogens (primary N) is 1. The third kappa shape index (κ3) is 4.63. The summed E-state index contributed by atoms with van der Waals surface area (Å²) in [5.41, 5.74) is 6.73. The van der Waals surface area contributed by atoms with Gasteiger partial charge in [-0.15, -0.1) is 0 Å². The lowest BCUT2D eigenvalue weighted by Gasteiger charge is -2.36.